The molecule has 0 bridgehead atoms. The molecule has 2 N–H and O–H groups in total. The van der Waals surface area contributed by atoms with Gasteiger partial charge in [-0.15, -0.1) is 0 Å². The molecule has 0 saturated heterocycles. The summed E-state index contributed by atoms with van der Waals surface area (Å²) in [6.07, 6.45) is 2.55. The Labute approximate surface area is 188 Å². The number of amides is 1. The van der Waals surface area contributed by atoms with Gasteiger partial charge in [0.05, 0.1) is 0 Å². The number of hydrogen-bond donors (Lipinski definition) is 2. The minimum atomic E-state index is -0.242. The average molecular weight is 424 g/mol. The minimum absolute atomic E-state index is 0.242. The Kier molecular flexibility index (Phi) is 7.24. The largest absolute Gasteiger partial charge is 0.457 e. The number of anilines is 1. The van der Waals surface area contributed by atoms with E-state index in [1.54, 1.807) is 24.4 Å². The molecule has 0 aliphatic heterocycles. The topological polar surface area (TPSA) is 63.2 Å². The van der Waals surface area contributed by atoms with E-state index < -0.39 is 0 Å². The molecule has 160 valence electrons. The Morgan fingerprint density at radius 1 is 0.750 bits per heavy atom. The number of ether oxygens (including phenoxy) is 1. The van der Waals surface area contributed by atoms with Gasteiger partial charge in [0.2, 0.25) is 0 Å². The van der Waals surface area contributed by atoms with Gasteiger partial charge >= 0.3 is 0 Å². The molecule has 4 rings (SSSR count). The zero-order valence-electron chi connectivity index (χ0n) is 17.7. The normalized spacial score (nSPS) is 10.5. The van der Waals surface area contributed by atoms with E-state index >= 15 is 0 Å². The van der Waals surface area contributed by atoms with Gasteiger partial charge in [0, 0.05) is 18.4 Å². The van der Waals surface area contributed by atoms with Crippen molar-refractivity contribution in [3.63, 3.8) is 0 Å². The molecule has 32 heavy (non-hydrogen) atoms. The SMILES string of the molecule is O=C(Nc1ccc(Oc2ccc(CCNCc3ccccc3)cc2)cc1)c1ccccn1. The summed E-state index contributed by atoms with van der Waals surface area (Å²) in [5.41, 5.74) is 3.61. The Bertz CT molecular complexity index is 1110. The average Bonchev–Trinajstić information content (AvgIpc) is 2.85. The van der Waals surface area contributed by atoms with Gasteiger partial charge in [0.1, 0.15) is 17.2 Å². The molecule has 0 unspecified atom stereocenters. The van der Waals surface area contributed by atoms with Crippen LogP contribution in [-0.2, 0) is 13.0 Å². The van der Waals surface area contributed by atoms with Crippen molar-refractivity contribution >= 4 is 11.6 Å². The lowest BCUT2D eigenvalue weighted by Gasteiger charge is -2.09. The van der Waals surface area contributed by atoms with E-state index in [4.69, 9.17) is 4.74 Å². The molecule has 0 aliphatic carbocycles. The first-order valence-electron chi connectivity index (χ1n) is 10.6. The molecule has 5 nitrogen and oxygen atoms in total. The van der Waals surface area contributed by atoms with Crippen LogP contribution in [0, 0.1) is 0 Å². The maximum atomic E-state index is 12.2. The highest BCUT2D eigenvalue weighted by Crippen LogP contribution is 2.23. The van der Waals surface area contributed by atoms with E-state index in [9.17, 15) is 4.79 Å². The first kappa shape index (κ1) is 21.3. The summed E-state index contributed by atoms with van der Waals surface area (Å²) in [5.74, 6) is 1.24. The van der Waals surface area contributed by atoms with Gasteiger partial charge in [0.15, 0.2) is 0 Å². The maximum absolute atomic E-state index is 12.2. The molecule has 0 radical (unpaired) electrons. The number of carbonyl (C=O) groups is 1. The van der Waals surface area contributed by atoms with Crippen LogP contribution in [0.5, 0.6) is 11.5 Å². The lowest BCUT2D eigenvalue weighted by Crippen LogP contribution is -2.16. The van der Waals surface area contributed by atoms with E-state index in [1.807, 2.05) is 42.5 Å². The molecule has 1 aromatic heterocycles. The third-order valence-corrected chi connectivity index (χ3v) is 4.93. The van der Waals surface area contributed by atoms with Crippen LogP contribution >= 0.6 is 0 Å². The molecule has 1 amide bonds. The third kappa shape index (κ3) is 6.27. The van der Waals surface area contributed by atoms with Crippen molar-refractivity contribution < 1.29 is 9.53 Å². The van der Waals surface area contributed by atoms with Crippen LogP contribution in [0.1, 0.15) is 21.6 Å². The first-order chi connectivity index (χ1) is 15.8. The van der Waals surface area contributed by atoms with Crippen LogP contribution in [0.2, 0.25) is 0 Å². The highest BCUT2D eigenvalue weighted by Gasteiger charge is 2.07. The van der Waals surface area contributed by atoms with Crippen LogP contribution in [0.15, 0.2) is 103 Å². The highest BCUT2D eigenvalue weighted by atomic mass is 16.5. The fourth-order valence-corrected chi connectivity index (χ4v) is 3.22. The Hall–Kier alpha value is -3.96. The van der Waals surface area contributed by atoms with Crippen LogP contribution in [0.3, 0.4) is 0 Å². The van der Waals surface area contributed by atoms with Crippen molar-refractivity contribution in [3.05, 3.63) is 120 Å². The molecule has 0 atom stereocenters. The summed E-state index contributed by atoms with van der Waals surface area (Å²) in [6.45, 7) is 1.79. The number of nitrogens with one attached hydrogen (secondary N) is 2. The molecular formula is C27H25N3O2. The van der Waals surface area contributed by atoms with E-state index in [1.165, 1.54) is 11.1 Å². The second-order valence-electron chi connectivity index (χ2n) is 7.35. The molecule has 0 aliphatic rings. The van der Waals surface area contributed by atoms with Gasteiger partial charge in [-0.2, -0.15) is 0 Å². The van der Waals surface area contributed by atoms with Crippen LogP contribution < -0.4 is 15.4 Å². The molecule has 4 aromatic rings. The van der Waals surface area contributed by atoms with E-state index in [2.05, 4.69) is 52.0 Å². The Morgan fingerprint density at radius 2 is 1.44 bits per heavy atom. The molecule has 0 spiro atoms. The number of pyridine rings is 1. The zero-order chi connectivity index (χ0) is 22.0. The molecular weight excluding hydrogens is 398 g/mol. The van der Waals surface area contributed by atoms with Gasteiger partial charge in [0.25, 0.3) is 5.91 Å². The number of benzene rings is 3. The quantitative estimate of drug-likeness (QED) is 0.351. The summed E-state index contributed by atoms with van der Waals surface area (Å²) in [5, 5.41) is 6.30. The molecule has 1 heterocycles. The minimum Gasteiger partial charge on any atom is -0.457 e. The van der Waals surface area contributed by atoms with Crippen molar-refractivity contribution in [2.75, 3.05) is 11.9 Å². The summed E-state index contributed by atoms with van der Waals surface area (Å²) >= 11 is 0. The lowest BCUT2D eigenvalue weighted by molar-refractivity contribution is 0.102. The third-order valence-electron chi connectivity index (χ3n) is 4.93. The van der Waals surface area contributed by atoms with Gasteiger partial charge in [-0.1, -0.05) is 48.5 Å². The van der Waals surface area contributed by atoms with E-state index in [-0.39, 0.29) is 5.91 Å². The van der Waals surface area contributed by atoms with Crippen LogP contribution in [0.4, 0.5) is 5.69 Å². The standard InChI is InChI=1S/C27H25N3O2/c31-27(26-8-4-5-18-29-26)30-23-11-15-25(16-12-23)32-24-13-9-21(10-14-24)17-19-28-20-22-6-2-1-3-7-22/h1-16,18,28H,17,19-20H2,(H,30,31). The second-order valence-corrected chi connectivity index (χ2v) is 7.35. The number of nitrogens with zero attached hydrogens (tertiary/aromatic N) is 1. The fraction of sp³-hybridized carbons (Fsp3) is 0.111. The van der Waals surface area contributed by atoms with Gasteiger partial charge in [-0.25, -0.2) is 0 Å². The predicted octanol–water partition coefficient (Wildman–Crippen LogP) is 5.46. The molecule has 3 aromatic carbocycles. The first-order valence-corrected chi connectivity index (χ1v) is 10.6. The number of aromatic nitrogens is 1. The maximum Gasteiger partial charge on any atom is 0.274 e. The van der Waals surface area contributed by atoms with E-state index in [0.29, 0.717) is 17.1 Å². The molecule has 5 heteroatoms. The lowest BCUT2D eigenvalue weighted by atomic mass is 10.1. The highest BCUT2D eigenvalue weighted by molar-refractivity contribution is 6.02. The van der Waals surface area contributed by atoms with Crippen molar-refractivity contribution in [1.82, 2.24) is 10.3 Å². The van der Waals surface area contributed by atoms with Crippen molar-refractivity contribution in [2.45, 2.75) is 13.0 Å². The monoisotopic (exact) mass is 423 g/mol. The van der Waals surface area contributed by atoms with Crippen molar-refractivity contribution in [3.8, 4) is 11.5 Å². The Morgan fingerprint density at radius 3 is 2.12 bits per heavy atom. The summed E-state index contributed by atoms with van der Waals surface area (Å²) < 4.78 is 5.92. The van der Waals surface area contributed by atoms with Gasteiger partial charge < -0.3 is 15.4 Å². The molecule has 0 saturated carbocycles. The smallest absolute Gasteiger partial charge is 0.274 e. The number of carbonyl (C=O) groups excluding carboxylic acids is 1. The fourth-order valence-electron chi connectivity index (χ4n) is 3.22. The van der Waals surface area contributed by atoms with E-state index in [0.717, 1.165) is 25.3 Å². The Balaban J connectivity index is 1.24. The van der Waals surface area contributed by atoms with Gasteiger partial charge in [-0.3, -0.25) is 9.78 Å². The summed E-state index contributed by atoms with van der Waals surface area (Å²) in [6, 6.07) is 31.0. The number of rotatable bonds is 9. The molecule has 0 fully saturated rings. The van der Waals surface area contributed by atoms with Crippen molar-refractivity contribution in [1.29, 1.82) is 0 Å². The zero-order valence-corrected chi connectivity index (χ0v) is 17.7. The summed E-state index contributed by atoms with van der Waals surface area (Å²) in [7, 11) is 0. The van der Waals surface area contributed by atoms with Crippen LogP contribution in [0.25, 0.3) is 0 Å². The van der Waals surface area contributed by atoms with Crippen molar-refractivity contribution in [2.24, 2.45) is 0 Å². The van der Waals surface area contributed by atoms with Crippen LogP contribution in [-0.4, -0.2) is 17.4 Å². The predicted molar refractivity (Wildman–Crippen MR) is 127 cm³/mol. The second kappa shape index (κ2) is 10.9. The van der Waals surface area contributed by atoms with Gasteiger partial charge in [-0.05, 0) is 72.6 Å². The number of hydrogen-bond acceptors (Lipinski definition) is 4. The summed E-state index contributed by atoms with van der Waals surface area (Å²) in [4.78, 5) is 16.2.